The standard InChI is InChI=1S/C25H35N3O3S/c1-5-26-25(30)27(13-10-18(2)3)16-24(29)28-14-11-23-21(12-15-32-23)22(28)17-31-20-8-6-19(4)7-9-20/h6-9,12,15,18,22H,5,10-11,13-14,16-17H2,1-4H3,(H,26,30). The Hall–Kier alpha value is -2.54. The molecule has 1 aliphatic heterocycles. The molecule has 32 heavy (non-hydrogen) atoms. The number of urea groups is 1. The molecular formula is C25H35N3O3S. The second-order valence-electron chi connectivity index (χ2n) is 8.72. The maximum Gasteiger partial charge on any atom is 0.317 e. The van der Waals surface area contributed by atoms with Crippen molar-refractivity contribution < 1.29 is 14.3 Å². The summed E-state index contributed by atoms with van der Waals surface area (Å²) < 4.78 is 6.09. The average molecular weight is 458 g/mol. The molecule has 0 spiro atoms. The zero-order valence-corrected chi connectivity index (χ0v) is 20.4. The summed E-state index contributed by atoms with van der Waals surface area (Å²) in [5.41, 5.74) is 2.34. The summed E-state index contributed by atoms with van der Waals surface area (Å²) >= 11 is 1.74. The molecule has 1 aromatic heterocycles. The van der Waals surface area contributed by atoms with Crippen molar-refractivity contribution in [1.29, 1.82) is 0 Å². The van der Waals surface area contributed by atoms with Gasteiger partial charge in [-0.05, 0) is 61.7 Å². The Bertz CT molecular complexity index is 894. The zero-order chi connectivity index (χ0) is 23.1. The summed E-state index contributed by atoms with van der Waals surface area (Å²) in [5, 5.41) is 4.93. The van der Waals surface area contributed by atoms with E-state index in [1.807, 2.05) is 43.0 Å². The quantitative estimate of drug-likeness (QED) is 0.597. The molecule has 0 fully saturated rings. The molecule has 0 radical (unpaired) electrons. The number of benzene rings is 1. The fraction of sp³-hybridized carbons (Fsp3) is 0.520. The topological polar surface area (TPSA) is 61.9 Å². The summed E-state index contributed by atoms with van der Waals surface area (Å²) in [6, 6.07) is 9.73. The van der Waals surface area contributed by atoms with Crippen molar-refractivity contribution >= 4 is 23.3 Å². The Morgan fingerprint density at radius 2 is 2.00 bits per heavy atom. The van der Waals surface area contributed by atoms with Crippen LogP contribution in [-0.4, -0.2) is 54.5 Å². The highest BCUT2D eigenvalue weighted by molar-refractivity contribution is 7.10. The lowest BCUT2D eigenvalue weighted by Crippen LogP contribution is -2.50. The van der Waals surface area contributed by atoms with Crippen LogP contribution in [0.5, 0.6) is 5.75 Å². The van der Waals surface area contributed by atoms with Crippen LogP contribution in [0.3, 0.4) is 0 Å². The van der Waals surface area contributed by atoms with Crippen LogP contribution in [0.2, 0.25) is 0 Å². The average Bonchev–Trinajstić information content (AvgIpc) is 3.25. The Labute approximate surface area is 195 Å². The number of aryl methyl sites for hydroxylation is 1. The maximum absolute atomic E-state index is 13.4. The summed E-state index contributed by atoms with van der Waals surface area (Å²) in [5.74, 6) is 1.22. The van der Waals surface area contributed by atoms with E-state index in [4.69, 9.17) is 4.74 Å². The van der Waals surface area contributed by atoms with E-state index in [2.05, 4.69) is 30.6 Å². The molecule has 1 unspecified atom stereocenters. The molecule has 2 heterocycles. The van der Waals surface area contributed by atoms with Crippen LogP contribution in [0.1, 0.15) is 49.2 Å². The first kappa shape index (κ1) is 24.1. The molecular weight excluding hydrogens is 422 g/mol. The number of amides is 3. The van der Waals surface area contributed by atoms with E-state index < -0.39 is 0 Å². The third-order valence-corrected chi connectivity index (χ3v) is 6.76. The largest absolute Gasteiger partial charge is 0.491 e. The number of hydrogen-bond donors (Lipinski definition) is 1. The molecule has 0 saturated heterocycles. The number of ether oxygens (including phenoxy) is 1. The van der Waals surface area contributed by atoms with Gasteiger partial charge in [0.05, 0.1) is 6.04 Å². The van der Waals surface area contributed by atoms with Crippen molar-refractivity contribution in [2.24, 2.45) is 5.92 Å². The molecule has 2 aromatic rings. The third kappa shape index (κ3) is 6.25. The molecule has 0 saturated carbocycles. The third-order valence-electron chi connectivity index (χ3n) is 5.76. The summed E-state index contributed by atoms with van der Waals surface area (Å²) in [4.78, 5) is 30.8. The Morgan fingerprint density at radius 1 is 1.25 bits per heavy atom. The second-order valence-corrected chi connectivity index (χ2v) is 9.72. The molecule has 1 N–H and O–H groups in total. The highest BCUT2D eigenvalue weighted by atomic mass is 32.1. The van der Waals surface area contributed by atoms with E-state index in [1.54, 1.807) is 16.2 Å². The Morgan fingerprint density at radius 3 is 2.69 bits per heavy atom. The minimum atomic E-state index is -0.179. The molecule has 1 atom stereocenters. The monoisotopic (exact) mass is 457 g/mol. The first-order valence-corrected chi connectivity index (χ1v) is 12.3. The van der Waals surface area contributed by atoms with Gasteiger partial charge >= 0.3 is 6.03 Å². The van der Waals surface area contributed by atoms with Gasteiger partial charge in [0.15, 0.2) is 0 Å². The molecule has 3 rings (SSSR count). The smallest absolute Gasteiger partial charge is 0.317 e. The maximum atomic E-state index is 13.4. The molecule has 174 valence electrons. The van der Waals surface area contributed by atoms with E-state index >= 15 is 0 Å². The molecule has 1 aliphatic rings. The Kier molecular flexibility index (Phi) is 8.56. The van der Waals surface area contributed by atoms with E-state index in [-0.39, 0.29) is 24.5 Å². The van der Waals surface area contributed by atoms with E-state index in [0.29, 0.717) is 32.2 Å². The van der Waals surface area contributed by atoms with Crippen molar-refractivity contribution in [2.45, 2.75) is 46.6 Å². The van der Waals surface area contributed by atoms with Gasteiger partial charge in [0, 0.05) is 24.5 Å². The van der Waals surface area contributed by atoms with Gasteiger partial charge in [-0.15, -0.1) is 11.3 Å². The van der Waals surface area contributed by atoms with Crippen LogP contribution in [0, 0.1) is 12.8 Å². The zero-order valence-electron chi connectivity index (χ0n) is 19.6. The lowest BCUT2D eigenvalue weighted by atomic mass is 10.0. The van der Waals surface area contributed by atoms with Gasteiger partial charge in [0.25, 0.3) is 0 Å². The van der Waals surface area contributed by atoms with Crippen molar-refractivity contribution in [3.05, 3.63) is 51.7 Å². The Balaban J connectivity index is 1.74. The second kappa shape index (κ2) is 11.4. The van der Waals surface area contributed by atoms with Gasteiger partial charge in [-0.25, -0.2) is 4.79 Å². The molecule has 3 amide bonds. The van der Waals surface area contributed by atoms with Crippen molar-refractivity contribution in [1.82, 2.24) is 15.1 Å². The van der Waals surface area contributed by atoms with E-state index in [9.17, 15) is 9.59 Å². The van der Waals surface area contributed by atoms with Gasteiger partial charge in [0.1, 0.15) is 18.9 Å². The molecule has 1 aromatic carbocycles. The number of thiophene rings is 1. The lowest BCUT2D eigenvalue weighted by Gasteiger charge is -2.37. The number of rotatable bonds is 9. The highest BCUT2D eigenvalue weighted by Crippen LogP contribution is 2.34. The van der Waals surface area contributed by atoms with Crippen LogP contribution in [0.25, 0.3) is 0 Å². The van der Waals surface area contributed by atoms with Crippen LogP contribution in [0.15, 0.2) is 35.7 Å². The van der Waals surface area contributed by atoms with Crippen LogP contribution in [-0.2, 0) is 11.2 Å². The molecule has 0 bridgehead atoms. The number of carbonyl (C=O) groups excluding carboxylic acids is 2. The number of nitrogens with one attached hydrogen (secondary N) is 1. The first-order valence-electron chi connectivity index (χ1n) is 11.5. The minimum Gasteiger partial charge on any atom is -0.491 e. The summed E-state index contributed by atoms with van der Waals surface area (Å²) in [6.07, 6.45) is 1.70. The summed E-state index contributed by atoms with van der Waals surface area (Å²) in [7, 11) is 0. The normalized spacial score (nSPS) is 15.4. The minimum absolute atomic E-state index is 0.0330. The molecule has 7 heteroatoms. The predicted octanol–water partition coefficient (Wildman–Crippen LogP) is 4.64. The van der Waals surface area contributed by atoms with Crippen LogP contribution in [0.4, 0.5) is 4.79 Å². The van der Waals surface area contributed by atoms with Crippen molar-refractivity contribution in [3.8, 4) is 5.75 Å². The van der Waals surface area contributed by atoms with Gasteiger partial charge in [-0.2, -0.15) is 0 Å². The fourth-order valence-corrected chi connectivity index (χ4v) is 4.80. The van der Waals surface area contributed by atoms with E-state index in [0.717, 1.165) is 24.2 Å². The van der Waals surface area contributed by atoms with Crippen LogP contribution < -0.4 is 10.1 Å². The predicted molar refractivity (Wildman–Crippen MR) is 129 cm³/mol. The highest BCUT2D eigenvalue weighted by Gasteiger charge is 2.33. The fourth-order valence-electron chi connectivity index (χ4n) is 3.87. The van der Waals surface area contributed by atoms with Gasteiger partial charge in [0.2, 0.25) is 5.91 Å². The SMILES string of the molecule is CCNC(=O)N(CCC(C)C)CC(=O)N1CCc2sccc2C1COc1ccc(C)cc1. The lowest BCUT2D eigenvalue weighted by molar-refractivity contribution is -0.135. The van der Waals surface area contributed by atoms with Gasteiger partial charge < -0.3 is 19.9 Å². The van der Waals surface area contributed by atoms with Gasteiger partial charge in [-0.3, -0.25) is 4.79 Å². The van der Waals surface area contributed by atoms with Crippen LogP contribution >= 0.6 is 11.3 Å². The molecule has 0 aliphatic carbocycles. The number of hydrogen-bond acceptors (Lipinski definition) is 4. The number of nitrogens with zero attached hydrogens (tertiary/aromatic N) is 2. The molecule has 6 nitrogen and oxygen atoms in total. The summed E-state index contributed by atoms with van der Waals surface area (Å²) in [6.45, 7) is 10.4. The number of carbonyl (C=O) groups is 2. The van der Waals surface area contributed by atoms with Crippen molar-refractivity contribution in [2.75, 3.05) is 32.8 Å². The van der Waals surface area contributed by atoms with E-state index in [1.165, 1.54) is 10.4 Å². The van der Waals surface area contributed by atoms with Gasteiger partial charge in [-0.1, -0.05) is 31.5 Å². The van der Waals surface area contributed by atoms with Crippen molar-refractivity contribution in [3.63, 3.8) is 0 Å². The number of fused-ring (bicyclic) bond motifs is 1. The first-order chi connectivity index (χ1) is 15.4.